The molecule has 0 aliphatic rings. The summed E-state index contributed by atoms with van der Waals surface area (Å²) in [6.45, 7) is 4.11. The van der Waals surface area contributed by atoms with E-state index < -0.39 is 0 Å². The number of hydrogen-bond acceptors (Lipinski definition) is 2. The van der Waals surface area contributed by atoms with Crippen molar-refractivity contribution < 1.29 is 5.11 Å². The minimum absolute atomic E-state index is 0.128. The Kier molecular flexibility index (Phi) is 2.98. The monoisotopic (exact) mass is 243 g/mol. The van der Waals surface area contributed by atoms with Gasteiger partial charge in [-0.05, 0) is 33.6 Å². The smallest absolute Gasteiger partial charge is 0.0522 e. The molecule has 13 heavy (non-hydrogen) atoms. The van der Waals surface area contributed by atoms with E-state index in [0.717, 1.165) is 15.7 Å². The molecule has 0 aromatic heterocycles. The van der Waals surface area contributed by atoms with Crippen LogP contribution in [-0.2, 0) is 5.41 Å². The van der Waals surface area contributed by atoms with Crippen molar-refractivity contribution in [2.75, 3.05) is 12.3 Å². The maximum absolute atomic E-state index is 9.16. The molecule has 0 aliphatic heterocycles. The molecule has 0 spiro atoms. The fourth-order valence-electron chi connectivity index (χ4n) is 1.04. The molecule has 72 valence electrons. The summed E-state index contributed by atoms with van der Waals surface area (Å²) in [6.07, 6.45) is 0. The molecule has 0 amide bonds. The maximum atomic E-state index is 9.16. The van der Waals surface area contributed by atoms with Crippen molar-refractivity contribution in [2.45, 2.75) is 19.3 Å². The van der Waals surface area contributed by atoms with E-state index in [1.54, 1.807) is 0 Å². The summed E-state index contributed by atoms with van der Waals surface area (Å²) in [5, 5.41) is 9.16. The van der Waals surface area contributed by atoms with Crippen LogP contribution in [0.15, 0.2) is 22.7 Å². The molecule has 0 atom stereocenters. The van der Waals surface area contributed by atoms with Gasteiger partial charge >= 0.3 is 0 Å². The lowest BCUT2D eigenvalue weighted by Gasteiger charge is -2.22. The highest BCUT2D eigenvalue weighted by Crippen LogP contribution is 2.28. The number of rotatable bonds is 2. The Labute approximate surface area is 86.9 Å². The third kappa shape index (κ3) is 2.23. The maximum Gasteiger partial charge on any atom is 0.0522 e. The number of aliphatic hydroxyl groups excluding tert-OH is 1. The van der Waals surface area contributed by atoms with Crippen LogP contribution >= 0.6 is 15.9 Å². The van der Waals surface area contributed by atoms with Crippen LogP contribution in [0.2, 0.25) is 0 Å². The van der Waals surface area contributed by atoms with Crippen molar-refractivity contribution in [1.82, 2.24) is 0 Å². The summed E-state index contributed by atoms with van der Waals surface area (Å²) in [7, 11) is 0. The Bertz CT molecular complexity index is 310. The first kappa shape index (κ1) is 10.5. The minimum Gasteiger partial charge on any atom is -0.398 e. The summed E-state index contributed by atoms with van der Waals surface area (Å²) in [4.78, 5) is 0. The largest absolute Gasteiger partial charge is 0.398 e. The standard InChI is InChI=1S/C10H14BrNO/c1-10(2,6-13)7-3-4-9(12)8(11)5-7/h3-5,13H,6,12H2,1-2H3. The van der Waals surface area contributed by atoms with E-state index in [2.05, 4.69) is 15.9 Å². The minimum atomic E-state index is -0.212. The van der Waals surface area contributed by atoms with Crippen LogP contribution in [0.4, 0.5) is 5.69 Å². The molecule has 1 aromatic rings. The zero-order valence-corrected chi connectivity index (χ0v) is 9.43. The van der Waals surface area contributed by atoms with Crippen molar-refractivity contribution in [3.63, 3.8) is 0 Å². The van der Waals surface area contributed by atoms with Gasteiger partial charge < -0.3 is 10.8 Å². The van der Waals surface area contributed by atoms with Crippen LogP contribution in [0.25, 0.3) is 0 Å². The van der Waals surface area contributed by atoms with E-state index >= 15 is 0 Å². The predicted molar refractivity (Wildman–Crippen MR) is 58.7 cm³/mol. The van der Waals surface area contributed by atoms with Gasteiger partial charge in [-0.15, -0.1) is 0 Å². The number of nitrogens with two attached hydrogens (primary N) is 1. The molecule has 0 saturated heterocycles. The molecule has 0 saturated carbocycles. The SMILES string of the molecule is CC(C)(CO)c1ccc(N)c(Br)c1. The van der Waals surface area contributed by atoms with Crippen LogP contribution in [0.5, 0.6) is 0 Å². The van der Waals surface area contributed by atoms with E-state index in [4.69, 9.17) is 10.8 Å². The molecule has 1 rings (SSSR count). The molecule has 0 bridgehead atoms. The number of nitrogen functional groups attached to an aromatic ring is 1. The highest BCUT2D eigenvalue weighted by molar-refractivity contribution is 9.10. The molecular weight excluding hydrogens is 230 g/mol. The highest BCUT2D eigenvalue weighted by Gasteiger charge is 2.19. The summed E-state index contributed by atoms with van der Waals surface area (Å²) >= 11 is 3.36. The fraction of sp³-hybridized carbons (Fsp3) is 0.400. The highest BCUT2D eigenvalue weighted by atomic mass is 79.9. The summed E-state index contributed by atoms with van der Waals surface area (Å²) in [5.41, 5.74) is 7.25. The van der Waals surface area contributed by atoms with Gasteiger partial charge in [0.1, 0.15) is 0 Å². The zero-order valence-electron chi connectivity index (χ0n) is 7.84. The third-order valence-corrected chi connectivity index (χ3v) is 2.86. The summed E-state index contributed by atoms with van der Waals surface area (Å²) in [5.74, 6) is 0. The molecule has 3 heteroatoms. The number of anilines is 1. The average molecular weight is 244 g/mol. The Hall–Kier alpha value is -0.540. The predicted octanol–water partition coefficient (Wildman–Crippen LogP) is 2.30. The van der Waals surface area contributed by atoms with Gasteiger partial charge in [-0.25, -0.2) is 0 Å². The molecule has 0 heterocycles. The average Bonchev–Trinajstić information content (AvgIpc) is 2.09. The molecule has 0 aliphatic carbocycles. The lowest BCUT2D eigenvalue weighted by Crippen LogP contribution is -2.21. The van der Waals surface area contributed by atoms with Crippen molar-refractivity contribution in [3.05, 3.63) is 28.2 Å². The molecular formula is C10H14BrNO. The second-order valence-electron chi connectivity index (χ2n) is 3.78. The molecule has 0 unspecified atom stereocenters. The van der Waals surface area contributed by atoms with E-state index in [9.17, 15) is 0 Å². The normalized spacial score (nSPS) is 11.7. The van der Waals surface area contributed by atoms with Crippen LogP contribution in [0.3, 0.4) is 0 Å². The van der Waals surface area contributed by atoms with E-state index in [1.807, 2.05) is 32.0 Å². The zero-order chi connectivity index (χ0) is 10.1. The van der Waals surface area contributed by atoms with Gasteiger partial charge in [0, 0.05) is 15.6 Å². The number of halogens is 1. The van der Waals surface area contributed by atoms with Crippen LogP contribution in [0, 0.1) is 0 Å². The van der Waals surface area contributed by atoms with E-state index in [-0.39, 0.29) is 12.0 Å². The van der Waals surface area contributed by atoms with Gasteiger partial charge in [0.05, 0.1) is 6.61 Å². The molecule has 2 nitrogen and oxygen atoms in total. The lowest BCUT2D eigenvalue weighted by atomic mass is 9.86. The first-order valence-electron chi connectivity index (χ1n) is 4.14. The molecule has 1 aromatic carbocycles. The van der Waals surface area contributed by atoms with E-state index in [1.165, 1.54) is 0 Å². The second-order valence-corrected chi connectivity index (χ2v) is 4.63. The van der Waals surface area contributed by atoms with Gasteiger partial charge in [0.15, 0.2) is 0 Å². The quantitative estimate of drug-likeness (QED) is 0.784. The molecule has 3 N–H and O–H groups in total. The topological polar surface area (TPSA) is 46.2 Å². The van der Waals surface area contributed by atoms with Gasteiger partial charge in [0.2, 0.25) is 0 Å². The third-order valence-electron chi connectivity index (χ3n) is 2.18. The Morgan fingerprint density at radius 3 is 2.54 bits per heavy atom. The fourth-order valence-corrected chi connectivity index (χ4v) is 1.42. The first-order chi connectivity index (χ1) is 5.97. The van der Waals surface area contributed by atoms with Crippen molar-refractivity contribution >= 4 is 21.6 Å². The van der Waals surface area contributed by atoms with Crippen molar-refractivity contribution in [3.8, 4) is 0 Å². The van der Waals surface area contributed by atoms with Crippen LogP contribution in [0.1, 0.15) is 19.4 Å². The Morgan fingerprint density at radius 1 is 1.46 bits per heavy atom. The lowest BCUT2D eigenvalue weighted by molar-refractivity contribution is 0.218. The van der Waals surface area contributed by atoms with Crippen LogP contribution < -0.4 is 5.73 Å². The Balaban J connectivity index is 3.10. The first-order valence-corrected chi connectivity index (χ1v) is 4.93. The summed E-state index contributed by atoms with van der Waals surface area (Å²) in [6, 6.07) is 5.73. The number of benzene rings is 1. The van der Waals surface area contributed by atoms with Gasteiger partial charge in [0.25, 0.3) is 0 Å². The van der Waals surface area contributed by atoms with Gasteiger partial charge in [-0.3, -0.25) is 0 Å². The van der Waals surface area contributed by atoms with Gasteiger partial charge in [-0.2, -0.15) is 0 Å². The summed E-state index contributed by atoms with van der Waals surface area (Å²) < 4.78 is 0.881. The second kappa shape index (κ2) is 3.68. The number of aliphatic hydroxyl groups is 1. The number of hydrogen-bond donors (Lipinski definition) is 2. The molecule has 0 radical (unpaired) electrons. The van der Waals surface area contributed by atoms with Crippen LogP contribution in [-0.4, -0.2) is 11.7 Å². The Morgan fingerprint density at radius 2 is 2.08 bits per heavy atom. The van der Waals surface area contributed by atoms with Crippen molar-refractivity contribution in [1.29, 1.82) is 0 Å². The molecule has 0 fully saturated rings. The van der Waals surface area contributed by atoms with E-state index in [0.29, 0.717) is 0 Å². The van der Waals surface area contributed by atoms with Crippen molar-refractivity contribution in [2.24, 2.45) is 0 Å². The van der Waals surface area contributed by atoms with Gasteiger partial charge in [-0.1, -0.05) is 19.9 Å².